The fourth-order valence-electron chi connectivity index (χ4n) is 1.03. The first-order valence-electron chi connectivity index (χ1n) is 4.01. The number of rotatable bonds is 3. The Morgan fingerprint density at radius 1 is 1.57 bits per heavy atom. The van der Waals surface area contributed by atoms with Crippen LogP contribution in [-0.2, 0) is 11.3 Å². The average Bonchev–Trinajstić information content (AvgIpc) is 2.32. The van der Waals surface area contributed by atoms with Crippen molar-refractivity contribution in [3.05, 3.63) is 32.4 Å². The molecule has 0 amide bonds. The van der Waals surface area contributed by atoms with Crippen LogP contribution in [0, 0.1) is 13.8 Å². The van der Waals surface area contributed by atoms with Gasteiger partial charge < -0.3 is 5.11 Å². The summed E-state index contributed by atoms with van der Waals surface area (Å²) in [7, 11) is 0. The first kappa shape index (κ1) is 10.7. The van der Waals surface area contributed by atoms with Gasteiger partial charge in [0, 0.05) is 16.1 Å². The summed E-state index contributed by atoms with van der Waals surface area (Å²) >= 11 is 1.12. The van der Waals surface area contributed by atoms with Gasteiger partial charge in [0.05, 0.1) is 6.54 Å². The maximum Gasteiger partial charge on any atom is 0.332 e. The third-order valence-electron chi connectivity index (χ3n) is 2.03. The second-order valence-corrected chi connectivity index (χ2v) is 4.17. The Kier molecular flexibility index (Phi) is 2.90. The highest BCUT2D eigenvalue weighted by molar-refractivity contribution is 7.09. The molecule has 0 spiro atoms. The number of thiazole rings is 1. The van der Waals surface area contributed by atoms with Crippen molar-refractivity contribution in [3.8, 4) is 0 Å². The molecule has 0 atom stereocenters. The summed E-state index contributed by atoms with van der Waals surface area (Å²) in [5, 5.41) is 8.62. The molecule has 0 fully saturated rings. The average molecular weight is 213 g/mol. The summed E-state index contributed by atoms with van der Waals surface area (Å²) in [6.45, 7) is 7.07. The zero-order chi connectivity index (χ0) is 10.9. The normalized spacial score (nSPS) is 10.1. The minimum atomic E-state index is -1.07. The Morgan fingerprint density at radius 2 is 2.14 bits per heavy atom. The Labute approximate surface area is 85.1 Å². The van der Waals surface area contributed by atoms with Gasteiger partial charge in [-0.1, -0.05) is 17.9 Å². The Balaban J connectivity index is 3.03. The fraction of sp³-hybridized carbons (Fsp3) is 0.333. The predicted octanol–water partition coefficient (Wildman–Crippen LogP) is 1.17. The van der Waals surface area contributed by atoms with E-state index in [0.717, 1.165) is 21.9 Å². The smallest absolute Gasteiger partial charge is 0.332 e. The van der Waals surface area contributed by atoms with E-state index in [2.05, 4.69) is 6.58 Å². The number of aryl methyl sites for hydroxylation is 1. The Bertz CT molecular complexity index is 441. The quantitative estimate of drug-likeness (QED) is 0.767. The molecule has 76 valence electrons. The lowest BCUT2D eigenvalue weighted by Gasteiger charge is -2.03. The maximum absolute atomic E-state index is 11.4. The summed E-state index contributed by atoms with van der Waals surface area (Å²) in [6.07, 6.45) is 0. The van der Waals surface area contributed by atoms with Gasteiger partial charge in [-0.25, -0.2) is 4.79 Å². The van der Waals surface area contributed by atoms with Crippen molar-refractivity contribution in [2.24, 2.45) is 0 Å². The number of aromatic nitrogens is 1. The van der Waals surface area contributed by atoms with Crippen LogP contribution in [0.3, 0.4) is 0 Å². The molecule has 4 nitrogen and oxygen atoms in total. The molecule has 0 aliphatic rings. The molecule has 1 aromatic heterocycles. The van der Waals surface area contributed by atoms with Crippen molar-refractivity contribution in [1.29, 1.82) is 0 Å². The van der Waals surface area contributed by atoms with E-state index in [9.17, 15) is 9.59 Å². The van der Waals surface area contributed by atoms with Gasteiger partial charge >= 0.3 is 10.8 Å². The Hall–Kier alpha value is -1.36. The van der Waals surface area contributed by atoms with Crippen molar-refractivity contribution >= 4 is 17.3 Å². The van der Waals surface area contributed by atoms with Gasteiger partial charge in [0.1, 0.15) is 0 Å². The second kappa shape index (κ2) is 3.79. The molecule has 0 aromatic carbocycles. The minimum Gasteiger partial charge on any atom is -0.478 e. The first-order valence-corrected chi connectivity index (χ1v) is 4.83. The third kappa shape index (κ3) is 1.93. The number of aliphatic carboxylic acids is 1. The van der Waals surface area contributed by atoms with Crippen LogP contribution in [-0.4, -0.2) is 15.6 Å². The van der Waals surface area contributed by atoms with Crippen LogP contribution < -0.4 is 4.87 Å². The molecule has 0 unspecified atom stereocenters. The van der Waals surface area contributed by atoms with E-state index in [1.165, 1.54) is 4.57 Å². The van der Waals surface area contributed by atoms with Crippen LogP contribution in [0.4, 0.5) is 0 Å². The third-order valence-corrected chi connectivity index (χ3v) is 3.02. The van der Waals surface area contributed by atoms with Crippen LogP contribution >= 0.6 is 11.3 Å². The van der Waals surface area contributed by atoms with Crippen LogP contribution in [0.25, 0.3) is 0 Å². The van der Waals surface area contributed by atoms with E-state index in [4.69, 9.17) is 5.11 Å². The SMILES string of the molecule is C=C(Cn1c(C)c(C)sc1=O)C(=O)O. The second-order valence-electron chi connectivity index (χ2n) is 3.00. The topological polar surface area (TPSA) is 59.3 Å². The number of nitrogens with zero attached hydrogens (tertiary/aromatic N) is 1. The van der Waals surface area contributed by atoms with Crippen LogP contribution in [0.1, 0.15) is 10.6 Å². The van der Waals surface area contributed by atoms with Crippen LogP contribution in [0.5, 0.6) is 0 Å². The zero-order valence-corrected chi connectivity index (χ0v) is 8.85. The molecule has 1 rings (SSSR count). The molecule has 5 heteroatoms. The van der Waals surface area contributed by atoms with E-state index in [0.29, 0.717) is 0 Å². The molecular weight excluding hydrogens is 202 g/mol. The van der Waals surface area contributed by atoms with Crippen LogP contribution in [0.2, 0.25) is 0 Å². The van der Waals surface area contributed by atoms with E-state index >= 15 is 0 Å². The maximum atomic E-state index is 11.4. The molecule has 0 aliphatic heterocycles. The molecular formula is C9H11NO3S. The molecule has 1 heterocycles. The van der Waals surface area contributed by atoms with E-state index in [1.54, 1.807) is 6.92 Å². The molecule has 1 N–H and O–H groups in total. The lowest BCUT2D eigenvalue weighted by Crippen LogP contribution is -2.18. The van der Waals surface area contributed by atoms with Gasteiger partial charge in [-0.05, 0) is 13.8 Å². The molecule has 0 aliphatic carbocycles. The molecule has 0 bridgehead atoms. The summed E-state index contributed by atoms with van der Waals surface area (Å²) in [4.78, 5) is 22.7. The van der Waals surface area contributed by atoms with Gasteiger partial charge in [0.15, 0.2) is 0 Å². The molecule has 0 saturated carbocycles. The number of hydrogen-bond donors (Lipinski definition) is 1. The fourth-order valence-corrected chi connectivity index (χ4v) is 1.86. The highest BCUT2D eigenvalue weighted by Crippen LogP contribution is 2.10. The van der Waals surface area contributed by atoms with Crippen molar-refractivity contribution in [2.45, 2.75) is 20.4 Å². The first-order chi connectivity index (χ1) is 6.43. The van der Waals surface area contributed by atoms with Crippen molar-refractivity contribution in [3.63, 3.8) is 0 Å². The largest absolute Gasteiger partial charge is 0.478 e. The Morgan fingerprint density at radius 3 is 2.50 bits per heavy atom. The zero-order valence-electron chi connectivity index (χ0n) is 8.03. The van der Waals surface area contributed by atoms with Crippen molar-refractivity contribution in [2.75, 3.05) is 0 Å². The molecule has 1 aromatic rings. The lowest BCUT2D eigenvalue weighted by atomic mass is 10.3. The number of hydrogen-bond acceptors (Lipinski definition) is 3. The number of carboxylic acid groups (broad SMARTS) is 1. The molecule has 14 heavy (non-hydrogen) atoms. The number of carbonyl (C=O) groups is 1. The van der Waals surface area contributed by atoms with Gasteiger partial charge in [0.25, 0.3) is 0 Å². The summed E-state index contributed by atoms with van der Waals surface area (Å²) in [6, 6.07) is 0. The minimum absolute atomic E-state index is 0.0213. The molecule has 0 radical (unpaired) electrons. The highest BCUT2D eigenvalue weighted by atomic mass is 32.1. The predicted molar refractivity (Wildman–Crippen MR) is 54.8 cm³/mol. The standard InChI is InChI=1S/C9H11NO3S/c1-5(8(11)12)4-10-6(2)7(3)14-9(10)13/h1,4H2,2-3H3,(H,11,12). The van der Waals surface area contributed by atoms with E-state index in [1.807, 2.05) is 6.92 Å². The molecule has 0 saturated heterocycles. The number of carboxylic acids is 1. The van der Waals surface area contributed by atoms with Gasteiger partial charge in [-0.15, -0.1) is 0 Å². The van der Waals surface area contributed by atoms with E-state index < -0.39 is 5.97 Å². The lowest BCUT2D eigenvalue weighted by molar-refractivity contribution is -0.132. The van der Waals surface area contributed by atoms with Crippen molar-refractivity contribution < 1.29 is 9.90 Å². The van der Waals surface area contributed by atoms with Gasteiger partial charge in [-0.3, -0.25) is 9.36 Å². The van der Waals surface area contributed by atoms with Crippen molar-refractivity contribution in [1.82, 2.24) is 4.57 Å². The van der Waals surface area contributed by atoms with Gasteiger partial charge in [0.2, 0.25) is 0 Å². The summed E-state index contributed by atoms with van der Waals surface area (Å²) in [5.41, 5.74) is 0.829. The van der Waals surface area contributed by atoms with E-state index in [-0.39, 0.29) is 17.0 Å². The summed E-state index contributed by atoms with van der Waals surface area (Å²) < 4.78 is 1.43. The van der Waals surface area contributed by atoms with Gasteiger partial charge in [-0.2, -0.15) is 0 Å². The monoisotopic (exact) mass is 213 g/mol. The highest BCUT2D eigenvalue weighted by Gasteiger charge is 2.11. The van der Waals surface area contributed by atoms with Crippen LogP contribution in [0.15, 0.2) is 16.9 Å². The summed E-state index contributed by atoms with van der Waals surface area (Å²) in [5.74, 6) is -1.07.